The number of hydrogen-bond acceptors (Lipinski definition) is 2. The number of aliphatic hydroxyl groups is 1. The summed E-state index contributed by atoms with van der Waals surface area (Å²) in [7, 11) is 0. The number of aryl methyl sites for hydroxylation is 2. The van der Waals surface area contributed by atoms with Gasteiger partial charge in [-0.15, -0.1) is 11.3 Å². The van der Waals surface area contributed by atoms with E-state index in [2.05, 4.69) is 15.9 Å². The van der Waals surface area contributed by atoms with Crippen LogP contribution in [0.3, 0.4) is 0 Å². The molecule has 0 fully saturated rings. The number of halogens is 2. The molecule has 0 saturated heterocycles. The van der Waals surface area contributed by atoms with Crippen molar-refractivity contribution >= 4 is 27.3 Å². The summed E-state index contributed by atoms with van der Waals surface area (Å²) in [5.74, 6) is -0.348. The highest BCUT2D eigenvalue weighted by Gasteiger charge is 2.16. The minimum atomic E-state index is -0.763. The first-order valence-corrected chi connectivity index (χ1v) is 6.79. The normalized spacial score (nSPS) is 12.8. The van der Waals surface area contributed by atoms with E-state index in [1.165, 1.54) is 12.1 Å². The molecule has 1 aromatic heterocycles. The molecule has 1 aromatic carbocycles. The molecule has 0 spiro atoms. The van der Waals surface area contributed by atoms with Crippen molar-refractivity contribution in [1.82, 2.24) is 0 Å². The summed E-state index contributed by atoms with van der Waals surface area (Å²) in [5.41, 5.74) is 1.61. The van der Waals surface area contributed by atoms with Crippen molar-refractivity contribution in [3.8, 4) is 0 Å². The molecule has 1 heterocycles. The number of rotatable bonds is 2. The Kier molecular flexibility index (Phi) is 3.66. The fourth-order valence-corrected chi connectivity index (χ4v) is 3.35. The van der Waals surface area contributed by atoms with Gasteiger partial charge < -0.3 is 5.11 Å². The number of benzene rings is 1. The molecule has 17 heavy (non-hydrogen) atoms. The predicted octanol–water partition coefficient (Wildman–Crippen LogP) is 4.35. The van der Waals surface area contributed by atoms with E-state index in [9.17, 15) is 9.50 Å². The van der Waals surface area contributed by atoms with Gasteiger partial charge in [0, 0.05) is 14.2 Å². The molecule has 0 aliphatic carbocycles. The number of thiophene rings is 1. The fraction of sp³-hybridized carbons (Fsp3) is 0.231. The van der Waals surface area contributed by atoms with Gasteiger partial charge in [-0.2, -0.15) is 0 Å². The largest absolute Gasteiger partial charge is 0.383 e. The lowest BCUT2D eigenvalue weighted by atomic mass is 10.1. The van der Waals surface area contributed by atoms with Crippen LogP contribution in [-0.4, -0.2) is 5.11 Å². The second-order valence-electron chi connectivity index (χ2n) is 4.01. The van der Waals surface area contributed by atoms with E-state index in [4.69, 9.17) is 0 Å². The molecular weight excluding hydrogens is 303 g/mol. The molecule has 2 aromatic rings. The Labute approximate surface area is 112 Å². The summed E-state index contributed by atoms with van der Waals surface area (Å²) in [5, 5.41) is 10.3. The van der Waals surface area contributed by atoms with E-state index < -0.39 is 6.10 Å². The maximum atomic E-state index is 13.3. The van der Waals surface area contributed by atoms with Gasteiger partial charge in [0.05, 0.1) is 0 Å². The molecule has 0 radical (unpaired) electrons. The van der Waals surface area contributed by atoms with E-state index >= 15 is 0 Å². The van der Waals surface area contributed by atoms with Gasteiger partial charge in [-0.05, 0) is 49.2 Å². The molecule has 2 rings (SSSR count). The highest BCUT2D eigenvalue weighted by molar-refractivity contribution is 9.10. The summed E-state index contributed by atoms with van der Waals surface area (Å²) in [6.07, 6.45) is -0.763. The Hall–Kier alpha value is -0.710. The molecule has 1 unspecified atom stereocenters. The monoisotopic (exact) mass is 314 g/mol. The Balaban J connectivity index is 2.43. The molecule has 0 bridgehead atoms. The van der Waals surface area contributed by atoms with Crippen molar-refractivity contribution in [1.29, 1.82) is 0 Å². The minimum Gasteiger partial charge on any atom is -0.383 e. The quantitative estimate of drug-likeness (QED) is 0.873. The van der Waals surface area contributed by atoms with Gasteiger partial charge in [0.25, 0.3) is 0 Å². The van der Waals surface area contributed by atoms with Crippen molar-refractivity contribution < 1.29 is 9.50 Å². The topological polar surface area (TPSA) is 20.2 Å². The maximum absolute atomic E-state index is 13.3. The molecule has 1 nitrogen and oxygen atoms in total. The highest BCUT2D eigenvalue weighted by atomic mass is 79.9. The molecular formula is C13H12BrFOS. The predicted molar refractivity (Wildman–Crippen MR) is 72.0 cm³/mol. The molecule has 1 atom stereocenters. The standard InChI is InChI=1S/C13H12BrFOS/c1-7-3-8(2)17-13(7)12(16)9-4-10(14)6-11(15)5-9/h3-6,12,16H,1-2H3. The Morgan fingerprint density at radius 3 is 2.47 bits per heavy atom. The van der Waals surface area contributed by atoms with Crippen LogP contribution in [0.15, 0.2) is 28.7 Å². The van der Waals surface area contributed by atoms with E-state index in [0.29, 0.717) is 10.0 Å². The van der Waals surface area contributed by atoms with Crippen molar-refractivity contribution in [2.24, 2.45) is 0 Å². The van der Waals surface area contributed by atoms with Crippen LogP contribution in [0.1, 0.15) is 27.0 Å². The third-order valence-corrected chi connectivity index (χ3v) is 4.19. The van der Waals surface area contributed by atoms with Crippen molar-refractivity contribution in [2.75, 3.05) is 0 Å². The SMILES string of the molecule is Cc1cc(C)c(C(O)c2cc(F)cc(Br)c2)s1. The Morgan fingerprint density at radius 1 is 1.24 bits per heavy atom. The van der Waals surface area contributed by atoms with Gasteiger partial charge in [0.15, 0.2) is 0 Å². The van der Waals surface area contributed by atoms with Gasteiger partial charge in [0.2, 0.25) is 0 Å². The minimum absolute atomic E-state index is 0.348. The highest BCUT2D eigenvalue weighted by Crippen LogP contribution is 2.33. The first-order valence-electron chi connectivity index (χ1n) is 5.18. The molecule has 0 aliphatic rings. The van der Waals surface area contributed by atoms with Crippen LogP contribution in [0.4, 0.5) is 4.39 Å². The fourth-order valence-electron chi connectivity index (χ4n) is 1.82. The molecule has 4 heteroatoms. The van der Waals surface area contributed by atoms with Crippen LogP contribution >= 0.6 is 27.3 Å². The second-order valence-corrected chi connectivity index (χ2v) is 6.21. The molecule has 90 valence electrons. The van der Waals surface area contributed by atoms with Crippen LogP contribution in [0, 0.1) is 19.7 Å². The lowest BCUT2D eigenvalue weighted by Gasteiger charge is -2.11. The van der Waals surface area contributed by atoms with Crippen LogP contribution in [-0.2, 0) is 0 Å². The van der Waals surface area contributed by atoms with Gasteiger partial charge in [0.1, 0.15) is 11.9 Å². The van der Waals surface area contributed by atoms with Gasteiger partial charge in [-0.1, -0.05) is 15.9 Å². The van der Waals surface area contributed by atoms with Crippen LogP contribution in [0.5, 0.6) is 0 Å². The lowest BCUT2D eigenvalue weighted by Crippen LogP contribution is -1.99. The second kappa shape index (κ2) is 4.88. The third kappa shape index (κ3) is 2.76. The first kappa shape index (κ1) is 12.7. The Morgan fingerprint density at radius 2 is 1.94 bits per heavy atom. The average molecular weight is 315 g/mol. The zero-order valence-corrected chi connectivity index (χ0v) is 11.9. The lowest BCUT2D eigenvalue weighted by molar-refractivity contribution is 0.223. The maximum Gasteiger partial charge on any atom is 0.124 e. The van der Waals surface area contributed by atoms with Crippen LogP contribution in [0.2, 0.25) is 0 Å². The third-order valence-electron chi connectivity index (χ3n) is 2.53. The van der Waals surface area contributed by atoms with Crippen LogP contribution < -0.4 is 0 Å². The van der Waals surface area contributed by atoms with E-state index in [1.54, 1.807) is 17.4 Å². The molecule has 1 N–H and O–H groups in total. The molecule has 0 aliphatic heterocycles. The van der Waals surface area contributed by atoms with Gasteiger partial charge in [-0.25, -0.2) is 4.39 Å². The van der Waals surface area contributed by atoms with E-state index in [-0.39, 0.29) is 5.82 Å². The Bertz CT molecular complexity index is 530. The summed E-state index contributed by atoms with van der Waals surface area (Å²) in [4.78, 5) is 2.02. The summed E-state index contributed by atoms with van der Waals surface area (Å²) in [6.45, 7) is 3.95. The van der Waals surface area contributed by atoms with Gasteiger partial charge in [-0.3, -0.25) is 0 Å². The van der Waals surface area contributed by atoms with Crippen molar-refractivity contribution in [2.45, 2.75) is 20.0 Å². The van der Waals surface area contributed by atoms with Crippen molar-refractivity contribution in [3.63, 3.8) is 0 Å². The zero-order chi connectivity index (χ0) is 12.6. The summed E-state index contributed by atoms with van der Waals surface area (Å²) < 4.78 is 13.9. The van der Waals surface area contributed by atoms with E-state index in [0.717, 1.165) is 15.3 Å². The van der Waals surface area contributed by atoms with Crippen molar-refractivity contribution in [3.05, 3.63) is 55.4 Å². The average Bonchev–Trinajstić information content (AvgIpc) is 2.55. The number of hydrogen-bond donors (Lipinski definition) is 1. The summed E-state index contributed by atoms with van der Waals surface area (Å²) in [6, 6.07) is 6.51. The first-order chi connectivity index (χ1) is 7.97. The van der Waals surface area contributed by atoms with Gasteiger partial charge >= 0.3 is 0 Å². The van der Waals surface area contributed by atoms with E-state index in [1.807, 2.05) is 19.9 Å². The smallest absolute Gasteiger partial charge is 0.124 e. The molecule has 0 saturated carbocycles. The van der Waals surface area contributed by atoms with Crippen LogP contribution in [0.25, 0.3) is 0 Å². The number of aliphatic hydroxyl groups excluding tert-OH is 1. The zero-order valence-electron chi connectivity index (χ0n) is 9.50. The molecule has 0 amide bonds. The summed E-state index contributed by atoms with van der Waals surface area (Å²) >= 11 is 4.77.